The molecule has 1 aliphatic heterocycles. The smallest absolute Gasteiger partial charge is 0.273 e. The molecule has 2 N–H and O–H groups in total. The van der Waals surface area contributed by atoms with Crippen molar-refractivity contribution in [2.24, 2.45) is 0 Å². The quantitative estimate of drug-likeness (QED) is 0.731. The highest BCUT2D eigenvalue weighted by atomic mass is 32.1. The lowest BCUT2D eigenvalue weighted by molar-refractivity contribution is 0.0946. The Hall–Kier alpha value is -2.58. The minimum absolute atomic E-state index is 0.113. The van der Waals surface area contributed by atoms with E-state index in [-0.39, 0.29) is 11.9 Å². The number of pyridine rings is 1. The zero-order valence-electron chi connectivity index (χ0n) is 13.4. The molecule has 128 valence electrons. The van der Waals surface area contributed by atoms with Crippen LogP contribution in [0, 0.1) is 0 Å². The summed E-state index contributed by atoms with van der Waals surface area (Å²) in [4.78, 5) is 25.1. The minimum Gasteiger partial charge on any atom is -0.446 e. The molecule has 0 aliphatic carbocycles. The van der Waals surface area contributed by atoms with E-state index in [1.807, 2.05) is 17.5 Å². The molecule has 7 nitrogen and oxygen atoms in total. The highest BCUT2D eigenvalue weighted by Gasteiger charge is 2.22. The first-order valence-corrected chi connectivity index (χ1v) is 8.99. The molecule has 3 aromatic rings. The molecule has 3 aromatic heterocycles. The molecule has 4 heterocycles. The third-order valence-electron chi connectivity index (χ3n) is 4.02. The van der Waals surface area contributed by atoms with Crippen molar-refractivity contribution in [3.05, 3.63) is 52.8 Å². The van der Waals surface area contributed by atoms with Crippen LogP contribution in [0.3, 0.4) is 0 Å². The van der Waals surface area contributed by atoms with Crippen LogP contribution < -0.4 is 10.6 Å². The second-order valence-corrected chi connectivity index (χ2v) is 6.71. The van der Waals surface area contributed by atoms with Crippen molar-refractivity contribution < 1.29 is 9.21 Å². The molecule has 1 amide bonds. The SMILES string of the molecule is O=C(NCc1nc(-c2cccnc2)cs1)c1coc([C@@H]2CCCN2)n1. The topological polar surface area (TPSA) is 92.9 Å². The van der Waals surface area contributed by atoms with Gasteiger partial charge in [0.2, 0.25) is 5.89 Å². The average Bonchev–Trinajstić information content (AvgIpc) is 3.41. The van der Waals surface area contributed by atoms with Crippen LogP contribution in [0.1, 0.15) is 40.3 Å². The monoisotopic (exact) mass is 355 g/mol. The van der Waals surface area contributed by atoms with Crippen molar-refractivity contribution in [2.45, 2.75) is 25.4 Å². The number of hydrogen-bond donors (Lipinski definition) is 2. The molecule has 0 bridgehead atoms. The van der Waals surface area contributed by atoms with E-state index < -0.39 is 0 Å². The zero-order chi connectivity index (χ0) is 17.1. The van der Waals surface area contributed by atoms with Gasteiger partial charge in [0.25, 0.3) is 5.91 Å². The second-order valence-electron chi connectivity index (χ2n) is 5.77. The Morgan fingerprint density at radius 2 is 2.40 bits per heavy atom. The molecular formula is C17H17N5O2S. The van der Waals surface area contributed by atoms with Gasteiger partial charge in [-0.25, -0.2) is 9.97 Å². The van der Waals surface area contributed by atoms with Gasteiger partial charge in [0.15, 0.2) is 5.69 Å². The Kier molecular flexibility index (Phi) is 4.53. The first-order chi connectivity index (χ1) is 12.3. The molecule has 1 aliphatic rings. The number of carbonyl (C=O) groups is 1. The van der Waals surface area contributed by atoms with Crippen LogP contribution in [0.15, 0.2) is 40.6 Å². The molecule has 0 spiro atoms. The van der Waals surface area contributed by atoms with Crippen LogP contribution in [-0.2, 0) is 6.54 Å². The standard InChI is InChI=1S/C17H17N5O2S/c23-16(13-9-24-17(22-13)12-4-2-6-19-12)20-8-15-21-14(10-25-15)11-3-1-5-18-7-11/h1,3,5,7,9-10,12,19H,2,4,6,8H2,(H,20,23)/t12-/m0/s1. The highest BCUT2D eigenvalue weighted by molar-refractivity contribution is 7.09. The molecule has 1 atom stereocenters. The van der Waals surface area contributed by atoms with E-state index in [4.69, 9.17) is 4.42 Å². The number of nitrogens with one attached hydrogen (secondary N) is 2. The molecule has 1 saturated heterocycles. The molecule has 4 rings (SSSR count). The molecule has 0 unspecified atom stereocenters. The number of amides is 1. The third kappa shape index (κ3) is 3.59. The summed E-state index contributed by atoms with van der Waals surface area (Å²) in [5, 5.41) is 8.92. The van der Waals surface area contributed by atoms with Gasteiger partial charge in [-0.05, 0) is 31.5 Å². The highest BCUT2D eigenvalue weighted by Crippen LogP contribution is 2.23. The zero-order valence-corrected chi connectivity index (χ0v) is 14.3. The fourth-order valence-electron chi connectivity index (χ4n) is 2.73. The van der Waals surface area contributed by atoms with Gasteiger partial charge in [-0.2, -0.15) is 0 Å². The van der Waals surface area contributed by atoms with Gasteiger partial charge in [0.05, 0.1) is 18.3 Å². The lowest BCUT2D eigenvalue weighted by Gasteiger charge is -2.03. The van der Waals surface area contributed by atoms with Gasteiger partial charge in [0.1, 0.15) is 11.3 Å². The predicted molar refractivity (Wildman–Crippen MR) is 93.0 cm³/mol. The molecule has 0 aromatic carbocycles. The maximum Gasteiger partial charge on any atom is 0.273 e. The number of carbonyl (C=O) groups excluding carboxylic acids is 1. The van der Waals surface area contributed by atoms with Crippen molar-refractivity contribution in [1.29, 1.82) is 0 Å². The van der Waals surface area contributed by atoms with E-state index in [1.165, 1.54) is 17.6 Å². The largest absolute Gasteiger partial charge is 0.446 e. The Morgan fingerprint density at radius 3 is 3.20 bits per heavy atom. The van der Waals surface area contributed by atoms with Crippen LogP contribution in [-0.4, -0.2) is 27.4 Å². The normalized spacial score (nSPS) is 16.9. The fourth-order valence-corrected chi connectivity index (χ4v) is 3.48. The Morgan fingerprint density at radius 1 is 1.44 bits per heavy atom. The van der Waals surface area contributed by atoms with E-state index in [0.717, 1.165) is 35.7 Å². The van der Waals surface area contributed by atoms with Gasteiger partial charge < -0.3 is 15.1 Å². The van der Waals surface area contributed by atoms with E-state index >= 15 is 0 Å². The van der Waals surface area contributed by atoms with Gasteiger partial charge in [-0.1, -0.05) is 0 Å². The lowest BCUT2D eigenvalue weighted by atomic mass is 10.2. The van der Waals surface area contributed by atoms with Crippen LogP contribution in [0.5, 0.6) is 0 Å². The molecular weight excluding hydrogens is 338 g/mol. The van der Waals surface area contributed by atoms with Crippen molar-refractivity contribution >= 4 is 17.2 Å². The second kappa shape index (κ2) is 7.12. The number of aromatic nitrogens is 3. The summed E-state index contributed by atoms with van der Waals surface area (Å²) in [6.45, 7) is 1.31. The summed E-state index contributed by atoms with van der Waals surface area (Å²) in [5.74, 6) is 0.321. The number of oxazole rings is 1. The Balaban J connectivity index is 1.37. The molecule has 8 heteroatoms. The number of nitrogens with zero attached hydrogens (tertiary/aromatic N) is 3. The van der Waals surface area contributed by atoms with Gasteiger partial charge in [0, 0.05) is 23.3 Å². The number of rotatable bonds is 5. The summed E-state index contributed by atoms with van der Waals surface area (Å²) in [7, 11) is 0. The number of thiazole rings is 1. The van der Waals surface area contributed by atoms with Crippen LogP contribution >= 0.6 is 11.3 Å². The maximum atomic E-state index is 12.2. The number of hydrogen-bond acceptors (Lipinski definition) is 7. The van der Waals surface area contributed by atoms with Gasteiger partial charge in [-0.3, -0.25) is 9.78 Å². The van der Waals surface area contributed by atoms with E-state index in [9.17, 15) is 4.79 Å². The summed E-state index contributed by atoms with van der Waals surface area (Å²) >= 11 is 1.50. The van der Waals surface area contributed by atoms with Gasteiger partial charge in [-0.15, -0.1) is 11.3 Å². The average molecular weight is 355 g/mol. The summed E-state index contributed by atoms with van der Waals surface area (Å²) in [6.07, 6.45) is 6.99. The van der Waals surface area contributed by atoms with Gasteiger partial charge >= 0.3 is 0 Å². The van der Waals surface area contributed by atoms with Crippen molar-refractivity contribution in [3.8, 4) is 11.3 Å². The van der Waals surface area contributed by atoms with Crippen molar-refractivity contribution in [1.82, 2.24) is 25.6 Å². The summed E-state index contributed by atoms with van der Waals surface area (Å²) in [5.41, 5.74) is 2.12. The summed E-state index contributed by atoms with van der Waals surface area (Å²) < 4.78 is 5.43. The minimum atomic E-state index is -0.258. The van der Waals surface area contributed by atoms with Crippen LogP contribution in [0.4, 0.5) is 0 Å². The summed E-state index contributed by atoms with van der Waals surface area (Å²) in [6, 6.07) is 3.94. The molecule has 1 fully saturated rings. The van der Waals surface area contributed by atoms with E-state index in [1.54, 1.807) is 12.4 Å². The third-order valence-corrected chi connectivity index (χ3v) is 4.87. The van der Waals surface area contributed by atoms with Crippen molar-refractivity contribution in [2.75, 3.05) is 6.54 Å². The molecule has 0 saturated carbocycles. The first-order valence-electron chi connectivity index (χ1n) is 8.11. The Labute approximate surface area is 148 Å². The Bertz CT molecular complexity index is 855. The lowest BCUT2D eigenvalue weighted by Crippen LogP contribution is -2.23. The van der Waals surface area contributed by atoms with Crippen LogP contribution in [0.2, 0.25) is 0 Å². The maximum absolute atomic E-state index is 12.2. The van der Waals surface area contributed by atoms with E-state index in [2.05, 4.69) is 25.6 Å². The molecule has 25 heavy (non-hydrogen) atoms. The fraction of sp³-hybridized carbons (Fsp3) is 0.294. The van der Waals surface area contributed by atoms with Crippen molar-refractivity contribution in [3.63, 3.8) is 0 Å². The predicted octanol–water partition coefficient (Wildman–Crippen LogP) is 2.55. The van der Waals surface area contributed by atoms with Crippen LogP contribution in [0.25, 0.3) is 11.3 Å². The first kappa shape index (κ1) is 15.9. The van der Waals surface area contributed by atoms with E-state index in [0.29, 0.717) is 18.1 Å². The molecule has 0 radical (unpaired) electrons.